The van der Waals surface area contributed by atoms with Gasteiger partial charge in [-0.05, 0) is 43.4 Å². The Labute approximate surface area is 106 Å². The second kappa shape index (κ2) is 3.91. The van der Waals surface area contributed by atoms with E-state index in [1.165, 1.54) is 0 Å². The molecule has 2 N–H and O–H groups in total. The zero-order chi connectivity index (χ0) is 11.9. The molecule has 2 fully saturated rings. The molecule has 3 nitrogen and oxygen atoms in total. The Bertz CT molecular complexity index is 452. The molecular formula is C13H15ClN2O. The Kier molecular flexibility index (Phi) is 2.51. The fourth-order valence-electron chi connectivity index (χ4n) is 2.06. The van der Waals surface area contributed by atoms with Gasteiger partial charge in [-0.25, -0.2) is 4.79 Å². The second-order valence-electron chi connectivity index (χ2n) is 4.97. The summed E-state index contributed by atoms with van der Waals surface area (Å²) < 4.78 is 0. The van der Waals surface area contributed by atoms with Crippen molar-refractivity contribution in [2.75, 3.05) is 0 Å². The van der Waals surface area contributed by atoms with Crippen molar-refractivity contribution in [3.8, 4) is 0 Å². The molecule has 2 saturated carbocycles. The van der Waals surface area contributed by atoms with Gasteiger partial charge in [-0.15, -0.1) is 0 Å². The number of rotatable bonds is 3. The van der Waals surface area contributed by atoms with Crippen LogP contribution in [0.1, 0.15) is 31.2 Å². The van der Waals surface area contributed by atoms with Crippen molar-refractivity contribution in [1.82, 2.24) is 10.6 Å². The van der Waals surface area contributed by atoms with Crippen molar-refractivity contribution >= 4 is 17.6 Å². The van der Waals surface area contributed by atoms with Crippen molar-refractivity contribution in [2.24, 2.45) is 0 Å². The number of nitrogens with one attached hydrogen (secondary N) is 2. The Hall–Kier alpha value is -1.22. The number of benzene rings is 1. The van der Waals surface area contributed by atoms with E-state index in [-0.39, 0.29) is 11.6 Å². The number of carbonyl (C=O) groups excluding carboxylic acids is 1. The largest absolute Gasteiger partial charge is 0.335 e. The van der Waals surface area contributed by atoms with Gasteiger partial charge in [-0.1, -0.05) is 23.7 Å². The Balaban J connectivity index is 1.70. The molecule has 0 radical (unpaired) electrons. The number of urea groups is 1. The molecule has 4 heteroatoms. The van der Waals surface area contributed by atoms with Gasteiger partial charge < -0.3 is 10.6 Å². The third-order valence-electron chi connectivity index (χ3n) is 3.39. The Morgan fingerprint density at radius 2 is 2.12 bits per heavy atom. The van der Waals surface area contributed by atoms with Crippen molar-refractivity contribution in [2.45, 2.75) is 37.3 Å². The van der Waals surface area contributed by atoms with Gasteiger partial charge in [0.05, 0.1) is 5.54 Å². The highest BCUT2D eigenvalue weighted by atomic mass is 35.5. The molecule has 0 atom stereocenters. The number of amides is 2. The highest BCUT2D eigenvalue weighted by Gasteiger charge is 2.46. The molecule has 1 aromatic carbocycles. The van der Waals surface area contributed by atoms with Gasteiger partial charge >= 0.3 is 6.03 Å². The highest BCUT2D eigenvalue weighted by molar-refractivity contribution is 6.30. The van der Waals surface area contributed by atoms with Gasteiger partial charge in [-0.2, -0.15) is 0 Å². The fraction of sp³-hybridized carbons (Fsp3) is 0.462. The number of hydrogen-bond acceptors (Lipinski definition) is 1. The van der Waals surface area contributed by atoms with Crippen LogP contribution in [0.4, 0.5) is 4.79 Å². The van der Waals surface area contributed by atoms with Crippen LogP contribution in [0.15, 0.2) is 24.3 Å². The Morgan fingerprint density at radius 3 is 2.71 bits per heavy atom. The van der Waals surface area contributed by atoms with E-state index in [1.54, 1.807) is 0 Å². The first-order valence-corrected chi connectivity index (χ1v) is 6.40. The van der Waals surface area contributed by atoms with Crippen LogP contribution < -0.4 is 10.6 Å². The predicted octanol–water partition coefficient (Wildman–Crippen LogP) is 2.79. The van der Waals surface area contributed by atoms with E-state index < -0.39 is 0 Å². The highest BCUT2D eigenvalue weighted by Crippen LogP contribution is 2.45. The second-order valence-corrected chi connectivity index (χ2v) is 5.40. The van der Waals surface area contributed by atoms with Gasteiger partial charge in [0.2, 0.25) is 0 Å². The molecule has 1 aromatic rings. The molecule has 2 amide bonds. The maximum Gasteiger partial charge on any atom is 0.315 e. The van der Waals surface area contributed by atoms with Crippen LogP contribution in [-0.2, 0) is 5.54 Å². The van der Waals surface area contributed by atoms with E-state index >= 15 is 0 Å². The predicted molar refractivity (Wildman–Crippen MR) is 67.1 cm³/mol. The first-order valence-electron chi connectivity index (χ1n) is 6.03. The van der Waals surface area contributed by atoms with Crippen LogP contribution in [0.2, 0.25) is 5.02 Å². The number of halogens is 1. The summed E-state index contributed by atoms with van der Waals surface area (Å²) in [5.74, 6) is 0. The lowest BCUT2D eigenvalue weighted by atomic mass is 10.1. The molecule has 0 spiro atoms. The van der Waals surface area contributed by atoms with Gasteiger partial charge in [-0.3, -0.25) is 0 Å². The first-order chi connectivity index (χ1) is 8.18. The summed E-state index contributed by atoms with van der Waals surface area (Å²) in [6.45, 7) is 0. The Morgan fingerprint density at radius 1 is 1.35 bits per heavy atom. The third kappa shape index (κ3) is 2.39. The maximum absolute atomic E-state index is 11.8. The molecule has 0 heterocycles. The van der Waals surface area contributed by atoms with E-state index in [9.17, 15) is 4.79 Å². The molecule has 2 aliphatic carbocycles. The molecule has 0 aliphatic heterocycles. The molecule has 17 heavy (non-hydrogen) atoms. The summed E-state index contributed by atoms with van der Waals surface area (Å²) in [6.07, 6.45) is 4.20. The summed E-state index contributed by atoms with van der Waals surface area (Å²) in [5.41, 5.74) is 0.931. The molecule has 0 saturated heterocycles. The normalized spacial score (nSPS) is 20.8. The van der Waals surface area contributed by atoms with Crippen LogP contribution in [0, 0.1) is 0 Å². The summed E-state index contributed by atoms with van der Waals surface area (Å²) in [7, 11) is 0. The molecule has 0 unspecified atom stereocenters. The first kappa shape index (κ1) is 10.9. The van der Waals surface area contributed by atoms with E-state index in [1.807, 2.05) is 24.3 Å². The summed E-state index contributed by atoms with van der Waals surface area (Å²) in [6, 6.07) is 8.08. The van der Waals surface area contributed by atoms with E-state index in [4.69, 9.17) is 11.6 Å². The molecule has 0 aromatic heterocycles. The van der Waals surface area contributed by atoms with Crippen LogP contribution >= 0.6 is 11.6 Å². The van der Waals surface area contributed by atoms with Gasteiger partial charge in [0.15, 0.2) is 0 Å². The summed E-state index contributed by atoms with van der Waals surface area (Å²) in [4.78, 5) is 11.8. The minimum atomic E-state index is -0.177. The molecule has 3 rings (SSSR count). The van der Waals surface area contributed by atoms with Crippen LogP contribution in [0.5, 0.6) is 0 Å². The van der Waals surface area contributed by atoms with Crippen molar-refractivity contribution < 1.29 is 4.79 Å². The lowest BCUT2D eigenvalue weighted by Gasteiger charge is -2.18. The van der Waals surface area contributed by atoms with E-state index in [2.05, 4.69) is 10.6 Å². The average Bonchev–Trinajstić information content (AvgIpc) is 3.15. The topological polar surface area (TPSA) is 41.1 Å². The van der Waals surface area contributed by atoms with E-state index in [0.29, 0.717) is 6.04 Å². The molecule has 0 bridgehead atoms. The van der Waals surface area contributed by atoms with Gasteiger partial charge in [0.1, 0.15) is 0 Å². The lowest BCUT2D eigenvalue weighted by molar-refractivity contribution is 0.235. The monoisotopic (exact) mass is 250 g/mol. The van der Waals surface area contributed by atoms with Crippen molar-refractivity contribution in [1.29, 1.82) is 0 Å². The lowest BCUT2D eigenvalue weighted by Crippen LogP contribution is -2.43. The summed E-state index contributed by atoms with van der Waals surface area (Å²) in [5, 5.41) is 6.75. The van der Waals surface area contributed by atoms with Crippen LogP contribution in [-0.4, -0.2) is 12.1 Å². The molecule has 2 aliphatic rings. The number of carbonyl (C=O) groups is 1. The fourth-order valence-corrected chi connectivity index (χ4v) is 2.25. The molecule has 90 valence electrons. The average molecular weight is 251 g/mol. The molecular weight excluding hydrogens is 236 g/mol. The minimum Gasteiger partial charge on any atom is -0.335 e. The zero-order valence-corrected chi connectivity index (χ0v) is 10.3. The standard InChI is InChI=1S/C13H15ClN2O/c14-10-3-1-2-9(8-10)13(6-7-13)16-12(17)15-11-4-5-11/h1-3,8,11H,4-7H2,(H2,15,16,17). The third-order valence-corrected chi connectivity index (χ3v) is 3.63. The van der Waals surface area contributed by atoms with Crippen LogP contribution in [0.25, 0.3) is 0 Å². The minimum absolute atomic E-state index is 0.0509. The smallest absolute Gasteiger partial charge is 0.315 e. The van der Waals surface area contributed by atoms with Crippen LogP contribution in [0.3, 0.4) is 0 Å². The quantitative estimate of drug-likeness (QED) is 0.851. The maximum atomic E-state index is 11.8. The summed E-state index contributed by atoms with van der Waals surface area (Å²) >= 11 is 5.98. The van der Waals surface area contributed by atoms with Crippen molar-refractivity contribution in [3.63, 3.8) is 0 Å². The number of hydrogen-bond donors (Lipinski definition) is 2. The van der Waals surface area contributed by atoms with Gasteiger partial charge in [0, 0.05) is 11.1 Å². The SMILES string of the molecule is O=C(NC1CC1)NC1(c2cccc(Cl)c2)CC1. The van der Waals surface area contributed by atoms with Gasteiger partial charge in [0.25, 0.3) is 0 Å². The van der Waals surface area contributed by atoms with Crippen molar-refractivity contribution in [3.05, 3.63) is 34.9 Å². The zero-order valence-electron chi connectivity index (χ0n) is 9.50. The van der Waals surface area contributed by atoms with E-state index in [0.717, 1.165) is 36.3 Å².